The molecule has 1 heterocycles. The molecule has 0 aromatic heterocycles. The molecule has 1 fully saturated rings. The van der Waals surface area contributed by atoms with Gasteiger partial charge in [-0.2, -0.15) is 0 Å². The van der Waals surface area contributed by atoms with Gasteiger partial charge in [0.15, 0.2) is 10.3 Å². The van der Waals surface area contributed by atoms with E-state index in [0.717, 1.165) is 0 Å². The van der Waals surface area contributed by atoms with E-state index in [1.54, 1.807) is 18.2 Å². The molecule has 0 radical (unpaired) electrons. The van der Waals surface area contributed by atoms with Gasteiger partial charge in [-0.1, -0.05) is 30.3 Å². The topological polar surface area (TPSA) is 124 Å². The van der Waals surface area contributed by atoms with Gasteiger partial charge in [0, 0.05) is 5.56 Å². The summed E-state index contributed by atoms with van der Waals surface area (Å²) in [7, 11) is -4.86. The molecule has 2 amide bonds. The number of nitrogens with one attached hydrogen (secondary N) is 1. The normalized spacial score (nSPS) is 17.5. The van der Waals surface area contributed by atoms with Gasteiger partial charge in [-0.15, -0.1) is 0 Å². The van der Waals surface area contributed by atoms with Gasteiger partial charge in [0.25, 0.3) is 11.8 Å². The van der Waals surface area contributed by atoms with Crippen LogP contribution in [0, 0.1) is 0 Å². The van der Waals surface area contributed by atoms with Crippen LogP contribution in [0.5, 0.6) is 0 Å². The second-order valence-electron chi connectivity index (χ2n) is 4.05. The first-order chi connectivity index (χ1) is 9.30. The Morgan fingerprint density at radius 2 is 1.81 bits per heavy atom. The van der Waals surface area contributed by atoms with Crippen LogP contribution in [0.1, 0.15) is 10.4 Å². The number of nitrogens with zero attached hydrogens (tertiary/aromatic N) is 1. The average Bonchev–Trinajstić information content (AvgIpc) is 2.41. The predicted molar refractivity (Wildman–Crippen MR) is 64.1 cm³/mol. The fraction of sp³-hybridized carbons (Fsp3) is 0.182. The van der Waals surface area contributed by atoms with Crippen molar-refractivity contribution in [1.29, 1.82) is 0 Å². The average molecular weight is 320 g/mol. The second kappa shape index (κ2) is 6.67. The number of hydrogen-bond acceptors (Lipinski definition) is 6. The third-order valence-corrected chi connectivity index (χ3v) is 3.58. The zero-order valence-electron chi connectivity index (χ0n) is 11.0. The Hall–Kier alpha value is -1.26. The summed E-state index contributed by atoms with van der Waals surface area (Å²) in [6.45, 7) is -0.460. The van der Waals surface area contributed by atoms with Gasteiger partial charge in [-0.3, -0.25) is 14.4 Å². The minimum absolute atomic E-state index is 0. The van der Waals surface area contributed by atoms with Crippen molar-refractivity contribution in [1.82, 2.24) is 9.62 Å². The molecule has 1 unspecified atom stereocenters. The van der Waals surface area contributed by atoms with Crippen molar-refractivity contribution in [2.24, 2.45) is 0 Å². The van der Waals surface area contributed by atoms with E-state index in [4.69, 9.17) is 0 Å². The van der Waals surface area contributed by atoms with Gasteiger partial charge in [0.05, 0.1) is 6.54 Å². The van der Waals surface area contributed by atoms with Crippen LogP contribution in [0.4, 0.5) is 0 Å². The number of benzene rings is 1. The molecule has 2 rings (SSSR count). The van der Waals surface area contributed by atoms with E-state index in [2.05, 4.69) is 5.32 Å². The molecule has 1 saturated heterocycles. The molecule has 1 aliphatic rings. The number of β-lactam (4-membered cyclic amide) rings is 1. The third-order valence-electron chi connectivity index (χ3n) is 2.71. The Balaban J connectivity index is 0.00000220. The third kappa shape index (κ3) is 3.89. The number of Topliss-reactive ketones (excluding diaryl/α,β-unsaturated/α-hetero) is 1. The van der Waals surface area contributed by atoms with E-state index in [-0.39, 0.29) is 39.4 Å². The Bertz CT molecular complexity index is 675. The first kappa shape index (κ1) is 17.8. The van der Waals surface area contributed by atoms with E-state index in [1.807, 2.05) is 0 Å². The van der Waals surface area contributed by atoms with Gasteiger partial charge in [0.1, 0.15) is 6.04 Å². The number of rotatable bonds is 4. The molecule has 106 valence electrons. The Morgan fingerprint density at radius 3 is 2.29 bits per heavy atom. The quantitative estimate of drug-likeness (QED) is 0.197. The molecule has 1 atom stereocenters. The van der Waals surface area contributed by atoms with Crippen LogP contribution >= 0.6 is 0 Å². The molecule has 0 aliphatic carbocycles. The number of carbonyl (C=O) groups is 3. The molecule has 0 bridgehead atoms. The monoisotopic (exact) mass is 320 g/mol. The van der Waals surface area contributed by atoms with Gasteiger partial charge < -0.3 is 9.87 Å². The maximum absolute atomic E-state index is 11.7. The summed E-state index contributed by atoms with van der Waals surface area (Å²) in [5.74, 6) is -2.92. The van der Waals surface area contributed by atoms with Crippen molar-refractivity contribution in [3.8, 4) is 0 Å². The molecule has 1 aromatic carbocycles. The molecule has 0 saturated carbocycles. The maximum atomic E-state index is 11.7. The first-order valence-corrected chi connectivity index (χ1v) is 6.85. The summed E-state index contributed by atoms with van der Waals surface area (Å²) in [5, 5.41) is 2.08. The van der Waals surface area contributed by atoms with Crippen LogP contribution in [0.2, 0.25) is 0 Å². The molecule has 1 aromatic rings. The van der Waals surface area contributed by atoms with Crippen LogP contribution in [0.3, 0.4) is 0 Å². The fourth-order valence-corrected chi connectivity index (χ4v) is 2.33. The second-order valence-corrected chi connectivity index (χ2v) is 5.34. The van der Waals surface area contributed by atoms with E-state index >= 15 is 0 Å². The number of ketones is 1. The van der Waals surface area contributed by atoms with E-state index in [1.165, 1.54) is 12.1 Å². The van der Waals surface area contributed by atoms with Gasteiger partial charge in [-0.25, -0.2) is 12.7 Å². The summed E-state index contributed by atoms with van der Waals surface area (Å²) in [6.07, 6.45) is 0. The van der Waals surface area contributed by atoms with Crippen molar-refractivity contribution in [3.63, 3.8) is 0 Å². The van der Waals surface area contributed by atoms with Crippen molar-refractivity contribution in [2.75, 3.05) is 6.54 Å². The van der Waals surface area contributed by atoms with Crippen LogP contribution in [-0.4, -0.2) is 47.5 Å². The Morgan fingerprint density at radius 1 is 1.24 bits per heavy atom. The summed E-state index contributed by atoms with van der Waals surface area (Å²) >= 11 is 0. The van der Waals surface area contributed by atoms with Crippen LogP contribution in [-0.2, 0) is 19.9 Å². The predicted octanol–water partition coefficient (Wildman–Crippen LogP) is -4.34. The van der Waals surface area contributed by atoms with Gasteiger partial charge in [0.2, 0.25) is 5.78 Å². The van der Waals surface area contributed by atoms with Crippen molar-refractivity contribution >= 4 is 27.9 Å². The van der Waals surface area contributed by atoms with Crippen molar-refractivity contribution in [2.45, 2.75) is 6.04 Å². The standard InChI is InChI=1S/C11H10N2O6S.Na/c14-9(7-4-2-1-3-5-7)10(15)12-8-6-13(11(8)16)20(17,18)19;/h1-5,8H,6H2,(H,12,15)(H,17,18,19);/q;+1/p-1. The molecule has 1 aliphatic heterocycles. The van der Waals surface area contributed by atoms with Crippen LogP contribution in [0.25, 0.3) is 0 Å². The number of hydrogen-bond donors (Lipinski definition) is 1. The summed E-state index contributed by atoms with van der Waals surface area (Å²) in [4.78, 5) is 34.6. The smallest absolute Gasteiger partial charge is 0.731 e. The molecule has 8 nitrogen and oxygen atoms in total. The van der Waals surface area contributed by atoms with E-state index in [9.17, 15) is 27.4 Å². The zero-order valence-corrected chi connectivity index (χ0v) is 13.8. The van der Waals surface area contributed by atoms with Crippen LogP contribution < -0.4 is 34.9 Å². The molecule has 21 heavy (non-hydrogen) atoms. The number of amides is 2. The van der Waals surface area contributed by atoms with Crippen molar-refractivity contribution < 1.29 is 56.9 Å². The molecule has 1 N–H and O–H groups in total. The molecule has 10 heteroatoms. The SMILES string of the molecule is O=C(NC1CN(S(=O)(=O)[O-])C1=O)C(=O)c1ccccc1.[Na+]. The zero-order chi connectivity index (χ0) is 14.9. The largest absolute Gasteiger partial charge is 1.00 e. The van der Waals surface area contributed by atoms with Crippen LogP contribution in [0.15, 0.2) is 30.3 Å². The van der Waals surface area contributed by atoms with Gasteiger partial charge >= 0.3 is 29.6 Å². The summed E-state index contributed by atoms with van der Waals surface area (Å²) in [5.41, 5.74) is 0.144. The Labute approximate surface area is 142 Å². The van der Waals surface area contributed by atoms with E-state index in [0.29, 0.717) is 0 Å². The summed E-state index contributed by atoms with van der Waals surface area (Å²) in [6, 6.07) is 6.50. The minimum Gasteiger partial charge on any atom is -0.731 e. The van der Waals surface area contributed by atoms with Gasteiger partial charge in [-0.05, 0) is 0 Å². The maximum Gasteiger partial charge on any atom is 1.00 e. The molecular weight excluding hydrogens is 311 g/mol. The minimum atomic E-state index is -4.86. The molecule has 0 spiro atoms. The Kier molecular flexibility index (Phi) is 5.65. The molecular formula is C11H9N2NaO6S. The summed E-state index contributed by atoms with van der Waals surface area (Å²) < 4.78 is 31.8. The first-order valence-electron chi connectivity index (χ1n) is 5.48. The van der Waals surface area contributed by atoms with Crippen molar-refractivity contribution in [3.05, 3.63) is 35.9 Å². The fourth-order valence-electron chi connectivity index (χ4n) is 1.65. The van der Waals surface area contributed by atoms with E-state index < -0.39 is 40.5 Å². The number of carbonyl (C=O) groups excluding carboxylic acids is 3.